The first kappa shape index (κ1) is 18.9. The number of anilines is 1. The second-order valence-corrected chi connectivity index (χ2v) is 8.29. The van der Waals surface area contributed by atoms with Gasteiger partial charge in [-0.25, -0.2) is 0 Å². The molecule has 28 heavy (non-hydrogen) atoms. The van der Waals surface area contributed by atoms with Crippen molar-refractivity contribution in [2.45, 2.75) is 38.5 Å². The van der Waals surface area contributed by atoms with E-state index in [1.54, 1.807) is 12.1 Å². The first-order valence-corrected chi connectivity index (χ1v) is 10.4. The van der Waals surface area contributed by atoms with Crippen molar-refractivity contribution < 1.29 is 4.79 Å². The monoisotopic (exact) mass is 392 g/mol. The van der Waals surface area contributed by atoms with Crippen LogP contribution in [0.25, 0.3) is 10.9 Å². The molecule has 0 spiro atoms. The first-order valence-electron chi connectivity index (χ1n) is 10.0. The Morgan fingerprint density at radius 2 is 1.79 bits per heavy atom. The van der Waals surface area contributed by atoms with E-state index in [9.17, 15) is 4.79 Å². The van der Waals surface area contributed by atoms with E-state index in [1.807, 2.05) is 31.3 Å². The summed E-state index contributed by atoms with van der Waals surface area (Å²) in [5.74, 6) is 1.07. The molecular weight excluding hydrogens is 368 g/mol. The highest BCUT2D eigenvalue weighted by Gasteiger charge is 2.29. The van der Waals surface area contributed by atoms with Crippen molar-refractivity contribution in [2.24, 2.45) is 11.8 Å². The molecule has 0 aliphatic heterocycles. The minimum Gasteiger partial charge on any atom is -0.326 e. The molecule has 1 N–H and O–H groups in total. The van der Waals surface area contributed by atoms with Gasteiger partial charge in [0.25, 0.3) is 0 Å². The third kappa shape index (κ3) is 4.20. The van der Waals surface area contributed by atoms with E-state index in [-0.39, 0.29) is 11.8 Å². The van der Waals surface area contributed by atoms with E-state index in [4.69, 9.17) is 11.6 Å². The van der Waals surface area contributed by atoms with E-state index in [2.05, 4.69) is 34.6 Å². The normalized spacial score (nSPS) is 20.6. The van der Waals surface area contributed by atoms with Gasteiger partial charge in [-0.05, 0) is 79.5 Å². The summed E-state index contributed by atoms with van der Waals surface area (Å²) in [6, 6.07) is 17.8. The molecule has 1 aliphatic carbocycles. The zero-order chi connectivity index (χ0) is 19.5. The van der Waals surface area contributed by atoms with Crippen molar-refractivity contribution in [3.63, 3.8) is 0 Å². The summed E-state index contributed by atoms with van der Waals surface area (Å²) in [6.45, 7) is 2.05. The van der Waals surface area contributed by atoms with Crippen LogP contribution in [0.5, 0.6) is 0 Å². The predicted molar refractivity (Wildman–Crippen MR) is 116 cm³/mol. The highest BCUT2D eigenvalue weighted by Crippen LogP contribution is 2.39. The van der Waals surface area contributed by atoms with Gasteiger partial charge in [-0.15, -0.1) is 0 Å². The molecule has 4 heteroatoms. The molecule has 1 fully saturated rings. The molecule has 3 nitrogen and oxygen atoms in total. The molecule has 1 aromatic heterocycles. The van der Waals surface area contributed by atoms with Crippen molar-refractivity contribution in [3.05, 3.63) is 71.4 Å². The molecule has 0 unspecified atom stereocenters. The number of aromatic nitrogens is 1. The standard InChI is InChI=1S/C24H25ClN2O/c1-16(24(28)27-22-12-10-21(25)11-13-22)17-6-8-18(9-7-17)20-14-19-4-2-3-5-23(19)26-15-20/h2-5,10-18H,6-9H2,1H3,(H,27,28)/t16-,17-,18+/m1/s1. The second kappa shape index (κ2) is 8.32. The number of hydrogen-bond acceptors (Lipinski definition) is 2. The number of halogens is 1. The van der Waals surface area contributed by atoms with Crippen molar-refractivity contribution in [1.29, 1.82) is 0 Å². The van der Waals surface area contributed by atoms with Crippen molar-refractivity contribution in [2.75, 3.05) is 5.32 Å². The third-order valence-corrected chi connectivity index (χ3v) is 6.34. The Labute approximate surface area is 171 Å². The number of rotatable bonds is 4. The highest BCUT2D eigenvalue weighted by molar-refractivity contribution is 6.30. The van der Waals surface area contributed by atoms with Gasteiger partial charge < -0.3 is 5.32 Å². The van der Waals surface area contributed by atoms with Gasteiger partial charge in [-0.3, -0.25) is 9.78 Å². The first-order chi connectivity index (χ1) is 13.6. The SMILES string of the molecule is C[C@@H](C(=O)Nc1ccc(Cl)cc1)[C@H]1CC[C@@H](c2cnc3ccccc3c2)CC1. The molecule has 0 bridgehead atoms. The maximum Gasteiger partial charge on any atom is 0.227 e. The number of carbonyl (C=O) groups excluding carboxylic acids is 1. The van der Waals surface area contributed by atoms with E-state index in [0.29, 0.717) is 16.9 Å². The van der Waals surface area contributed by atoms with Crippen molar-refractivity contribution in [1.82, 2.24) is 4.98 Å². The van der Waals surface area contributed by atoms with Gasteiger partial charge in [0.2, 0.25) is 5.91 Å². The van der Waals surface area contributed by atoms with Crippen LogP contribution in [0.2, 0.25) is 5.02 Å². The number of nitrogens with one attached hydrogen (secondary N) is 1. The predicted octanol–water partition coefficient (Wildman–Crippen LogP) is 6.44. The lowest BCUT2D eigenvalue weighted by atomic mass is 9.74. The molecule has 2 aromatic carbocycles. The quantitative estimate of drug-likeness (QED) is 0.555. The summed E-state index contributed by atoms with van der Waals surface area (Å²) < 4.78 is 0. The minimum absolute atomic E-state index is 0.00589. The molecule has 1 heterocycles. The molecule has 1 saturated carbocycles. The van der Waals surface area contributed by atoms with Crippen LogP contribution in [-0.4, -0.2) is 10.9 Å². The van der Waals surface area contributed by atoms with E-state index in [1.165, 1.54) is 10.9 Å². The molecule has 0 radical (unpaired) electrons. The Morgan fingerprint density at radius 3 is 2.54 bits per heavy atom. The van der Waals surface area contributed by atoms with Gasteiger partial charge in [0.15, 0.2) is 0 Å². The molecule has 1 atom stereocenters. The highest BCUT2D eigenvalue weighted by atomic mass is 35.5. The fraction of sp³-hybridized carbons (Fsp3) is 0.333. The lowest BCUT2D eigenvalue weighted by molar-refractivity contribution is -0.121. The maximum atomic E-state index is 12.6. The Balaban J connectivity index is 1.36. The number of benzene rings is 2. The van der Waals surface area contributed by atoms with Gasteiger partial charge in [0, 0.05) is 28.2 Å². The average Bonchev–Trinajstić information content (AvgIpc) is 2.74. The maximum absolute atomic E-state index is 12.6. The van der Waals surface area contributed by atoms with E-state index >= 15 is 0 Å². The Morgan fingerprint density at radius 1 is 1.07 bits per heavy atom. The zero-order valence-electron chi connectivity index (χ0n) is 16.1. The fourth-order valence-corrected chi connectivity index (χ4v) is 4.39. The van der Waals surface area contributed by atoms with Gasteiger partial charge in [0.1, 0.15) is 0 Å². The minimum atomic E-state index is 0.00589. The molecule has 1 amide bonds. The van der Waals surface area contributed by atoms with Gasteiger partial charge in [-0.2, -0.15) is 0 Å². The van der Waals surface area contributed by atoms with Gasteiger partial charge in [0.05, 0.1) is 5.52 Å². The largest absolute Gasteiger partial charge is 0.326 e. The van der Waals surface area contributed by atoms with Crippen LogP contribution < -0.4 is 5.32 Å². The molecule has 3 aromatic rings. The van der Waals surface area contributed by atoms with Crippen LogP contribution in [0.3, 0.4) is 0 Å². The lowest BCUT2D eigenvalue weighted by Crippen LogP contribution is -2.29. The summed E-state index contributed by atoms with van der Waals surface area (Å²) >= 11 is 5.91. The summed E-state index contributed by atoms with van der Waals surface area (Å²) in [7, 11) is 0. The number of fused-ring (bicyclic) bond motifs is 1. The number of pyridine rings is 1. The van der Waals surface area contributed by atoms with Crippen molar-refractivity contribution in [3.8, 4) is 0 Å². The van der Waals surface area contributed by atoms with Crippen LogP contribution in [0.1, 0.15) is 44.1 Å². The van der Waals surface area contributed by atoms with Crippen LogP contribution >= 0.6 is 11.6 Å². The summed E-state index contributed by atoms with van der Waals surface area (Å²) in [5, 5.41) is 4.90. The molecular formula is C24H25ClN2O. The van der Waals surface area contributed by atoms with E-state index < -0.39 is 0 Å². The number of hydrogen-bond donors (Lipinski definition) is 1. The Kier molecular flexibility index (Phi) is 5.63. The second-order valence-electron chi connectivity index (χ2n) is 7.86. The number of amides is 1. The van der Waals surface area contributed by atoms with E-state index in [0.717, 1.165) is 36.9 Å². The third-order valence-electron chi connectivity index (χ3n) is 6.09. The lowest BCUT2D eigenvalue weighted by Gasteiger charge is -2.32. The molecule has 0 saturated heterocycles. The fourth-order valence-electron chi connectivity index (χ4n) is 4.27. The number of para-hydroxylation sites is 1. The van der Waals surface area contributed by atoms with Crippen molar-refractivity contribution >= 4 is 34.1 Å². The van der Waals surface area contributed by atoms with Crippen LogP contribution in [0.4, 0.5) is 5.69 Å². The average molecular weight is 393 g/mol. The smallest absolute Gasteiger partial charge is 0.227 e. The summed E-state index contributed by atoms with van der Waals surface area (Å²) in [5.41, 5.74) is 3.18. The number of nitrogens with zero attached hydrogens (tertiary/aromatic N) is 1. The topological polar surface area (TPSA) is 42.0 Å². The van der Waals surface area contributed by atoms with Gasteiger partial charge in [-0.1, -0.05) is 36.7 Å². The van der Waals surface area contributed by atoms with Gasteiger partial charge >= 0.3 is 0 Å². The molecule has 144 valence electrons. The summed E-state index contributed by atoms with van der Waals surface area (Å²) in [4.78, 5) is 17.3. The summed E-state index contributed by atoms with van der Waals surface area (Å²) in [6.07, 6.45) is 6.41. The number of carbonyl (C=O) groups is 1. The Bertz CT molecular complexity index is 962. The van der Waals surface area contributed by atoms with Crippen LogP contribution in [-0.2, 0) is 4.79 Å². The molecule has 1 aliphatic rings. The molecule has 4 rings (SSSR count). The van der Waals surface area contributed by atoms with Crippen LogP contribution in [0.15, 0.2) is 60.8 Å². The zero-order valence-corrected chi connectivity index (χ0v) is 16.8. The van der Waals surface area contributed by atoms with Crippen LogP contribution in [0, 0.1) is 11.8 Å². The Hall–Kier alpha value is -2.39.